The minimum absolute atomic E-state index is 0.772. The molecule has 16 heavy (non-hydrogen) atoms. The van der Waals surface area contributed by atoms with E-state index in [1.807, 2.05) is 0 Å². The molecule has 0 nitrogen and oxygen atoms in total. The van der Waals surface area contributed by atoms with Gasteiger partial charge in [0.05, 0.1) is 0 Å². The molecular weight excluding hydrogens is 307 g/mol. The van der Waals surface area contributed by atoms with Crippen LogP contribution in [-0.4, -0.2) is 0 Å². The molecule has 1 heteroatoms. The summed E-state index contributed by atoms with van der Waals surface area (Å²) < 4.78 is 1.34. The van der Waals surface area contributed by atoms with Crippen molar-refractivity contribution in [3.63, 3.8) is 0 Å². The molecule has 0 unspecified atom stereocenters. The Bertz CT molecular complexity index is 276. The Morgan fingerprint density at radius 3 is 2.25 bits per heavy atom. The first-order valence-corrected chi connectivity index (χ1v) is 7.61. The number of unbranched alkanes of at least 4 members (excludes halogenated alkanes) is 3. The van der Waals surface area contributed by atoms with E-state index in [-0.39, 0.29) is 0 Å². The lowest BCUT2D eigenvalue weighted by Crippen LogP contribution is -1.97. The first-order chi connectivity index (χ1) is 7.77. The Kier molecular flexibility index (Phi) is 7.10. The minimum Gasteiger partial charge on any atom is -0.0654 e. The van der Waals surface area contributed by atoms with Gasteiger partial charge in [0.25, 0.3) is 0 Å². The molecule has 0 heterocycles. The highest BCUT2D eigenvalue weighted by atomic mass is 127. The molecule has 0 aromatic heterocycles. The molecule has 1 aromatic carbocycles. The largest absolute Gasteiger partial charge is 0.0654 e. The molecule has 0 N–H and O–H groups in total. The summed E-state index contributed by atoms with van der Waals surface area (Å²) in [7, 11) is 0. The molecule has 0 amide bonds. The Hall–Kier alpha value is -0.0500. The highest BCUT2D eigenvalue weighted by molar-refractivity contribution is 14.1. The van der Waals surface area contributed by atoms with Crippen LogP contribution in [0.15, 0.2) is 24.3 Å². The van der Waals surface area contributed by atoms with Crippen LogP contribution in [0.2, 0.25) is 0 Å². The summed E-state index contributed by atoms with van der Waals surface area (Å²) in [5.74, 6) is 0.772. The highest BCUT2D eigenvalue weighted by Gasteiger charge is 2.08. The van der Waals surface area contributed by atoms with E-state index in [9.17, 15) is 0 Å². The number of halogens is 1. The third kappa shape index (κ3) is 4.86. The summed E-state index contributed by atoms with van der Waals surface area (Å²) in [5.41, 5.74) is 1.53. The van der Waals surface area contributed by atoms with Crippen molar-refractivity contribution in [2.24, 2.45) is 0 Å². The SMILES string of the molecule is CCCCCC[C@H](CC)c1ccc(I)cc1. The minimum atomic E-state index is 0.772. The molecule has 0 aliphatic heterocycles. The van der Waals surface area contributed by atoms with Crippen LogP contribution in [0.3, 0.4) is 0 Å². The van der Waals surface area contributed by atoms with Gasteiger partial charge in [-0.25, -0.2) is 0 Å². The average molecular weight is 330 g/mol. The van der Waals surface area contributed by atoms with Crippen LogP contribution >= 0.6 is 22.6 Å². The van der Waals surface area contributed by atoms with Gasteiger partial charge in [-0.2, -0.15) is 0 Å². The summed E-state index contributed by atoms with van der Waals surface area (Å²) in [5, 5.41) is 0. The number of hydrogen-bond acceptors (Lipinski definition) is 0. The van der Waals surface area contributed by atoms with Gasteiger partial charge in [0.1, 0.15) is 0 Å². The zero-order valence-corrected chi connectivity index (χ0v) is 12.7. The lowest BCUT2D eigenvalue weighted by molar-refractivity contribution is 0.542. The third-order valence-corrected chi connectivity index (χ3v) is 3.96. The second kappa shape index (κ2) is 8.10. The van der Waals surface area contributed by atoms with Gasteiger partial charge in [0.15, 0.2) is 0 Å². The molecule has 0 bridgehead atoms. The molecule has 1 atom stereocenters. The van der Waals surface area contributed by atoms with E-state index in [1.165, 1.54) is 47.7 Å². The zero-order chi connectivity index (χ0) is 11.8. The Labute approximate surface area is 114 Å². The summed E-state index contributed by atoms with van der Waals surface area (Å²) >= 11 is 2.37. The number of benzene rings is 1. The molecule has 0 radical (unpaired) electrons. The topological polar surface area (TPSA) is 0 Å². The van der Waals surface area contributed by atoms with Crippen molar-refractivity contribution in [2.45, 2.75) is 58.3 Å². The average Bonchev–Trinajstić information content (AvgIpc) is 2.31. The summed E-state index contributed by atoms with van der Waals surface area (Å²) in [6.45, 7) is 4.58. The van der Waals surface area contributed by atoms with Gasteiger partial charge in [-0.1, -0.05) is 51.7 Å². The van der Waals surface area contributed by atoms with Crippen molar-refractivity contribution >= 4 is 22.6 Å². The predicted molar refractivity (Wildman–Crippen MR) is 81.0 cm³/mol. The van der Waals surface area contributed by atoms with Gasteiger partial charge in [-0.3, -0.25) is 0 Å². The normalized spacial score (nSPS) is 12.7. The molecule has 0 fully saturated rings. The van der Waals surface area contributed by atoms with Crippen molar-refractivity contribution in [3.05, 3.63) is 33.4 Å². The highest BCUT2D eigenvalue weighted by Crippen LogP contribution is 2.26. The van der Waals surface area contributed by atoms with E-state index in [4.69, 9.17) is 0 Å². The van der Waals surface area contributed by atoms with Crippen molar-refractivity contribution in [2.75, 3.05) is 0 Å². The van der Waals surface area contributed by atoms with Crippen LogP contribution in [0, 0.1) is 3.57 Å². The Balaban J connectivity index is 2.44. The maximum Gasteiger partial charge on any atom is 0.0130 e. The maximum absolute atomic E-state index is 2.37. The van der Waals surface area contributed by atoms with Crippen LogP contribution < -0.4 is 0 Å². The van der Waals surface area contributed by atoms with Crippen LogP contribution in [0.4, 0.5) is 0 Å². The zero-order valence-electron chi connectivity index (χ0n) is 10.5. The van der Waals surface area contributed by atoms with Gasteiger partial charge >= 0.3 is 0 Å². The van der Waals surface area contributed by atoms with E-state index >= 15 is 0 Å². The molecule has 0 saturated carbocycles. The van der Waals surface area contributed by atoms with E-state index < -0.39 is 0 Å². The summed E-state index contributed by atoms with van der Waals surface area (Å²) in [6, 6.07) is 9.06. The molecule has 0 spiro atoms. The first kappa shape index (κ1) is 14.0. The molecule has 90 valence electrons. The molecule has 1 aromatic rings. The van der Waals surface area contributed by atoms with Crippen molar-refractivity contribution in [1.82, 2.24) is 0 Å². The van der Waals surface area contributed by atoms with Gasteiger partial charge < -0.3 is 0 Å². The summed E-state index contributed by atoms with van der Waals surface area (Å²) in [6.07, 6.45) is 8.14. The molecule has 0 saturated heterocycles. The van der Waals surface area contributed by atoms with Crippen LogP contribution in [0.5, 0.6) is 0 Å². The maximum atomic E-state index is 2.37. The second-order valence-corrected chi connectivity index (χ2v) is 5.75. The molecule has 0 aliphatic rings. The van der Waals surface area contributed by atoms with Crippen molar-refractivity contribution in [1.29, 1.82) is 0 Å². The lowest BCUT2D eigenvalue weighted by atomic mass is 9.91. The quantitative estimate of drug-likeness (QED) is 0.441. The Morgan fingerprint density at radius 1 is 1.00 bits per heavy atom. The van der Waals surface area contributed by atoms with Gasteiger partial charge in [-0.05, 0) is 59.0 Å². The van der Waals surface area contributed by atoms with Gasteiger partial charge in [0.2, 0.25) is 0 Å². The summed E-state index contributed by atoms with van der Waals surface area (Å²) in [4.78, 5) is 0. The van der Waals surface area contributed by atoms with E-state index in [0.29, 0.717) is 0 Å². The van der Waals surface area contributed by atoms with Crippen LogP contribution in [-0.2, 0) is 0 Å². The fraction of sp³-hybridized carbons (Fsp3) is 0.600. The Morgan fingerprint density at radius 2 is 1.69 bits per heavy atom. The lowest BCUT2D eigenvalue weighted by Gasteiger charge is -2.15. The van der Waals surface area contributed by atoms with Crippen molar-refractivity contribution in [3.8, 4) is 0 Å². The van der Waals surface area contributed by atoms with Gasteiger partial charge in [-0.15, -0.1) is 0 Å². The number of rotatable bonds is 7. The molecule has 0 aliphatic carbocycles. The fourth-order valence-corrected chi connectivity index (χ4v) is 2.52. The number of hydrogen-bond donors (Lipinski definition) is 0. The molecule has 1 rings (SSSR count). The fourth-order valence-electron chi connectivity index (χ4n) is 2.16. The monoisotopic (exact) mass is 330 g/mol. The third-order valence-electron chi connectivity index (χ3n) is 3.24. The smallest absolute Gasteiger partial charge is 0.0130 e. The second-order valence-electron chi connectivity index (χ2n) is 4.51. The van der Waals surface area contributed by atoms with Gasteiger partial charge in [0, 0.05) is 3.57 Å². The standard InChI is InChI=1S/C15H23I/c1-3-5-6-7-8-13(4-2)14-9-11-15(16)12-10-14/h9-13H,3-8H2,1-2H3/t13-/m0/s1. The van der Waals surface area contributed by atoms with E-state index in [2.05, 4.69) is 60.7 Å². The van der Waals surface area contributed by atoms with Crippen LogP contribution in [0.1, 0.15) is 63.9 Å². The van der Waals surface area contributed by atoms with E-state index in [1.54, 1.807) is 0 Å². The molecular formula is C15H23I. The first-order valence-electron chi connectivity index (χ1n) is 6.53. The van der Waals surface area contributed by atoms with E-state index in [0.717, 1.165) is 5.92 Å². The van der Waals surface area contributed by atoms with Crippen LogP contribution in [0.25, 0.3) is 0 Å². The van der Waals surface area contributed by atoms with Crippen molar-refractivity contribution < 1.29 is 0 Å². The predicted octanol–water partition coefficient (Wildman–Crippen LogP) is 5.76.